The average Bonchev–Trinajstić information content (AvgIpc) is 0.706. The fourth-order valence-corrected chi connectivity index (χ4v) is 12.0. The molecule has 0 radical (unpaired) electrons. The van der Waals surface area contributed by atoms with E-state index in [1.54, 1.807) is 64.1 Å². The summed E-state index contributed by atoms with van der Waals surface area (Å²) in [5.41, 5.74) is -4.08. The van der Waals surface area contributed by atoms with Gasteiger partial charge in [-0.2, -0.15) is 21.6 Å². The monoisotopic (exact) mass is 1650 g/mol. The van der Waals surface area contributed by atoms with E-state index in [-0.39, 0.29) is 74.1 Å². The van der Waals surface area contributed by atoms with Crippen molar-refractivity contribution in [2.24, 2.45) is 0 Å². The standard InChI is InChI=1S/C23H29N5O4.C20H25N5O2.C19H16F3N3O7S.C18H17N3O5/c1-5-31-23(30)19-20(24-12-9-13-27(3)4)18-16(2)25-15-26-21(18)28(22(19)29)32-14-17-10-7-6-8-11-17;1-15-19-17(21-10-7-11-24(2)3)12-18(26)25(20(19)23-14-22-15)27-13-16-8-5-4-6-9-16;1-3-30-18(27)14-15(32-33(28,29)19(20,21)22)13-11(2)23-10-24-16(13)25(17(14)26)31-9-12-7-5-4-6-8-12;1-3-25-18(24)14-15(22)13-11(2)19-10-20-16(13)21(17(14)23)26-9-12-7-5-4-6-8-12/h6-8,10-11,15,24H,5,9,12-14H2,1-4H3;4-6,8-9,12,14,21H,7,10-11,13H2,1-3H3;4-8,10H,3,9H2,1-2H3;4-8,10,22H,3,9H2,1-2H3. The predicted molar refractivity (Wildman–Crippen MR) is 430 cm³/mol. The number of esters is 3. The maximum absolute atomic E-state index is 13.4. The zero-order valence-corrected chi connectivity index (χ0v) is 67.1. The zero-order valence-electron chi connectivity index (χ0n) is 66.3. The van der Waals surface area contributed by atoms with E-state index in [0.29, 0.717) is 50.6 Å². The molecule has 0 fully saturated rings. The Balaban J connectivity index is 0.000000180. The number of carbonyl (C=O) groups excluding carboxylic acids is 3. The fraction of sp³-hybridized carbons (Fsp3) is 0.312. The molecule has 4 aromatic carbocycles. The molecular weight excluding hydrogens is 1560 g/mol. The lowest BCUT2D eigenvalue weighted by molar-refractivity contribution is -0.0500. The lowest BCUT2D eigenvalue weighted by Crippen LogP contribution is -2.35. The second-order valence-corrected chi connectivity index (χ2v) is 27.7. The van der Waals surface area contributed by atoms with E-state index in [9.17, 15) is 60.3 Å². The number of fused-ring (bicyclic) bond motifs is 4. The van der Waals surface area contributed by atoms with Gasteiger partial charge in [-0.05, 0) is 125 Å². The first-order valence-electron chi connectivity index (χ1n) is 36.8. The summed E-state index contributed by atoms with van der Waals surface area (Å²) in [6.07, 6.45) is 6.84. The topological polar surface area (TPSA) is 401 Å². The number of hydrogen-bond acceptors (Lipinski definition) is 30. The van der Waals surface area contributed by atoms with Gasteiger partial charge in [0.05, 0.1) is 75.5 Å². The van der Waals surface area contributed by atoms with Crippen LogP contribution >= 0.6 is 0 Å². The summed E-state index contributed by atoms with van der Waals surface area (Å²) in [6, 6.07) is 38.4. The van der Waals surface area contributed by atoms with Crippen LogP contribution < -0.4 is 56.4 Å². The van der Waals surface area contributed by atoms with Gasteiger partial charge in [-0.25, -0.2) is 54.3 Å². The number of nitrogens with zero attached hydrogens (tertiary/aromatic N) is 14. The Morgan fingerprint density at radius 3 is 1.19 bits per heavy atom. The van der Waals surface area contributed by atoms with E-state index in [0.717, 1.165) is 81.7 Å². The molecule has 0 aliphatic carbocycles. The number of alkyl halides is 3. The number of ether oxygens (including phenoxy) is 3. The Labute approximate surface area is 673 Å². The van der Waals surface area contributed by atoms with Gasteiger partial charge < -0.3 is 63.3 Å². The first-order chi connectivity index (χ1) is 56.5. The molecule has 34 nitrogen and oxygen atoms in total. The fourth-order valence-electron chi connectivity index (χ4n) is 11.5. The van der Waals surface area contributed by atoms with Gasteiger partial charge >= 0.3 is 50.2 Å². The normalized spacial score (nSPS) is 11.2. The van der Waals surface area contributed by atoms with Gasteiger partial charge in [-0.15, -0.1) is 18.9 Å². The van der Waals surface area contributed by atoms with Crippen LogP contribution in [0.15, 0.2) is 172 Å². The summed E-state index contributed by atoms with van der Waals surface area (Å²) >= 11 is 0. The highest BCUT2D eigenvalue weighted by Gasteiger charge is 2.50. The van der Waals surface area contributed by atoms with Crippen molar-refractivity contribution >= 4 is 83.5 Å². The molecular formula is C80H87F3N16O18S. The number of nitrogens with one attached hydrogen (secondary N) is 2. The summed E-state index contributed by atoms with van der Waals surface area (Å²) in [6.45, 7) is 14.7. The summed E-state index contributed by atoms with van der Waals surface area (Å²) < 4.78 is 85.4. The average molecular weight is 1650 g/mol. The maximum atomic E-state index is 13.4. The van der Waals surface area contributed by atoms with Gasteiger partial charge in [0.1, 0.15) is 57.5 Å². The van der Waals surface area contributed by atoms with E-state index < -0.39 is 83.9 Å². The SMILES string of the molecule is CCOC(=O)c1c(NCCCN(C)C)c2c(C)ncnc2n(OCc2ccccc2)c1=O.CCOC(=O)c1c(O)c2c(C)ncnc2n(OCc2ccccc2)c1=O.CCOC(=O)c1c(OS(=O)(=O)C(F)(F)F)c2c(C)ncnc2n(OCc2ccccc2)c1=O.Cc1ncnc2c1c(NCCCN(C)C)cc(=O)n2OCc1ccccc1. The van der Waals surface area contributed by atoms with Crippen molar-refractivity contribution in [3.05, 3.63) is 256 Å². The van der Waals surface area contributed by atoms with E-state index in [1.807, 2.05) is 126 Å². The van der Waals surface area contributed by atoms with Crippen LogP contribution in [0.1, 0.15) is 110 Å². The van der Waals surface area contributed by atoms with E-state index in [1.165, 1.54) is 37.6 Å². The number of benzene rings is 4. The van der Waals surface area contributed by atoms with Gasteiger partial charge in [0, 0.05) is 19.2 Å². The Morgan fingerprint density at radius 2 is 0.780 bits per heavy atom. The van der Waals surface area contributed by atoms with Crippen LogP contribution in [0.5, 0.6) is 11.5 Å². The van der Waals surface area contributed by atoms with Crippen LogP contribution in [0.3, 0.4) is 0 Å². The molecule has 8 heterocycles. The number of hydrogen-bond donors (Lipinski definition) is 3. The van der Waals surface area contributed by atoms with E-state index in [4.69, 9.17) is 33.6 Å². The van der Waals surface area contributed by atoms with Gasteiger partial charge in [-0.1, -0.05) is 121 Å². The van der Waals surface area contributed by atoms with Crippen molar-refractivity contribution in [2.45, 2.75) is 93.2 Å². The quantitative estimate of drug-likeness (QED) is 0.0126. The number of halogens is 3. The number of aromatic nitrogens is 12. The highest BCUT2D eigenvalue weighted by Crippen LogP contribution is 2.35. The predicted octanol–water partition coefficient (Wildman–Crippen LogP) is 8.11. The number of anilines is 2. The van der Waals surface area contributed by atoms with Gasteiger partial charge in [-0.3, -0.25) is 19.2 Å². The highest BCUT2D eigenvalue weighted by atomic mass is 32.2. The Bertz CT molecular complexity index is 5890. The van der Waals surface area contributed by atoms with Gasteiger partial charge in [0.15, 0.2) is 45.0 Å². The Hall–Kier alpha value is -13.5. The smallest absolute Gasteiger partial charge is 0.506 e. The lowest BCUT2D eigenvalue weighted by Gasteiger charge is -2.19. The first-order valence-corrected chi connectivity index (χ1v) is 38.2. The largest absolute Gasteiger partial charge is 0.534 e. The third kappa shape index (κ3) is 21.9. The van der Waals surface area contributed by atoms with E-state index in [2.05, 4.69) is 64.5 Å². The molecule has 38 heteroatoms. The molecule has 118 heavy (non-hydrogen) atoms. The lowest BCUT2D eigenvalue weighted by atomic mass is 10.1. The van der Waals surface area contributed by atoms with Crippen molar-refractivity contribution in [1.82, 2.24) is 68.6 Å². The highest BCUT2D eigenvalue weighted by molar-refractivity contribution is 7.88. The molecule has 0 aliphatic heterocycles. The number of aromatic hydroxyl groups is 1. The first kappa shape index (κ1) is 88.5. The summed E-state index contributed by atoms with van der Waals surface area (Å²) in [5, 5.41) is 18.1. The van der Waals surface area contributed by atoms with Crippen molar-refractivity contribution in [1.29, 1.82) is 0 Å². The number of pyridine rings is 4. The Kier molecular flexibility index (Phi) is 30.9. The molecule has 12 rings (SSSR count). The van der Waals surface area contributed by atoms with Crippen molar-refractivity contribution in [2.75, 3.05) is 84.8 Å². The number of aryl methyl sites for hydroxylation is 4. The van der Waals surface area contributed by atoms with Gasteiger partial charge in [0.25, 0.3) is 5.56 Å². The molecule has 0 spiro atoms. The molecule has 8 aromatic heterocycles. The number of carbonyl (C=O) groups is 3. The molecule has 0 saturated carbocycles. The molecule has 12 aromatic rings. The molecule has 3 N–H and O–H groups in total. The molecule has 0 amide bonds. The molecule has 0 unspecified atom stereocenters. The zero-order chi connectivity index (χ0) is 85.4. The Morgan fingerprint density at radius 1 is 0.449 bits per heavy atom. The second kappa shape index (κ2) is 41.2. The van der Waals surface area contributed by atoms with Crippen LogP contribution in [0.25, 0.3) is 44.1 Å². The number of rotatable bonds is 30. The van der Waals surface area contributed by atoms with Crippen LogP contribution in [0, 0.1) is 27.7 Å². The minimum Gasteiger partial charge on any atom is -0.506 e. The summed E-state index contributed by atoms with van der Waals surface area (Å²) in [4.78, 5) is 149. The third-order valence-corrected chi connectivity index (χ3v) is 18.1. The molecule has 0 aliphatic rings. The van der Waals surface area contributed by atoms with Gasteiger partial charge in [0.2, 0.25) is 0 Å². The van der Waals surface area contributed by atoms with Crippen LogP contribution in [-0.2, 0) is 50.8 Å². The van der Waals surface area contributed by atoms with Crippen molar-refractivity contribution in [3.63, 3.8) is 0 Å². The van der Waals surface area contributed by atoms with Crippen molar-refractivity contribution < 1.29 is 78.8 Å². The molecule has 0 saturated heterocycles. The van der Waals surface area contributed by atoms with Crippen LogP contribution in [-0.4, -0.2) is 180 Å². The van der Waals surface area contributed by atoms with Crippen LogP contribution in [0.2, 0.25) is 0 Å². The third-order valence-electron chi connectivity index (χ3n) is 17.1. The maximum Gasteiger partial charge on any atom is 0.534 e. The molecule has 622 valence electrons. The molecule has 0 bridgehead atoms. The molecule has 0 atom stereocenters. The summed E-state index contributed by atoms with van der Waals surface area (Å²) in [7, 11) is 1.79. The van der Waals surface area contributed by atoms with E-state index >= 15 is 0 Å². The minimum atomic E-state index is -6.27. The second-order valence-electron chi connectivity index (χ2n) is 26.1. The van der Waals surface area contributed by atoms with Crippen LogP contribution in [0.4, 0.5) is 24.5 Å². The minimum absolute atomic E-state index is 0.0604. The van der Waals surface area contributed by atoms with Crippen molar-refractivity contribution in [3.8, 4) is 11.5 Å². The summed E-state index contributed by atoms with van der Waals surface area (Å²) in [5.74, 6) is -4.78.